The second-order valence-electron chi connectivity index (χ2n) is 7.10. The van der Waals surface area contributed by atoms with Crippen LogP contribution in [-0.4, -0.2) is 12.1 Å². The lowest BCUT2D eigenvalue weighted by molar-refractivity contribution is 0.0396. The third-order valence-electron chi connectivity index (χ3n) is 5.01. The van der Waals surface area contributed by atoms with Gasteiger partial charge in [-0.05, 0) is 67.5 Å². The van der Waals surface area contributed by atoms with Crippen LogP contribution in [0.15, 0.2) is 61.2 Å². The van der Waals surface area contributed by atoms with Gasteiger partial charge in [-0.2, -0.15) is 0 Å². The summed E-state index contributed by atoms with van der Waals surface area (Å²) in [5.74, 6) is 0.223. The topological polar surface area (TPSA) is 35.5 Å². The third kappa shape index (κ3) is 5.30. The van der Waals surface area contributed by atoms with Crippen LogP contribution in [-0.2, 0) is 11.2 Å². The second-order valence-corrected chi connectivity index (χ2v) is 7.10. The molecule has 1 heterocycles. The van der Waals surface area contributed by atoms with E-state index in [-0.39, 0.29) is 12.1 Å². The van der Waals surface area contributed by atoms with E-state index in [2.05, 4.69) is 13.5 Å². The number of hydrogen-bond donors (Lipinski definition) is 0. The number of rotatable bonds is 8. The quantitative estimate of drug-likeness (QED) is 0.325. The van der Waals surface area contributed by atoms with Crippen LogP contribution < -0.4 is 4.74 Å². The van der Waals surface area contributed by atoms with Crippen LogP contribution in [0.5, 0.6) is 5.75 Å². The molecule has 0 spiro atoms. The van der Waals surface area contributed by atoms with Crippen molar-refractivity contribution in [3.63, 3.8) is 0 Å². The number of aryl methyl sites for hydroxylation is 1. The van der Waals surface area contributed by atoms with Crippen LogP contribution in [0.3, 0.4) is 0 Å². The minimum Gasteiger partial charge on any atom is -0.423 e. The van der Waals surface area contributed by atoms with E-state index in [0.29, 0.717) is 17.4 Å². The molecule has 3 rings (SSSR count). The van der Waals surface area contributed by atoms with Crippen molar-refractivity contribution >= 4 is 5.97 Å². The highest BCUT2D eigenvalue weighted by molar-refractivity contribution is 5.91. The molecule has 0 N–H and O–H groups in total. The molecule has 0 amide bonds. The minimum atomic E-state index is -0.335. The molecule has 2 unspecified atom stereocenters. The molecule has 1 aliphatic rings. The Balaban J connectivity index is 1.56. The third-order valence-corrected chi connectivity index (χ3v) is 5.01. The SMILES string of the molecule is C=CCCc1ccc(C(=O)Oc2ccc(C3CCC(CCC)O3)cc2)cc1. The maximum Gasteiger partial charge on any atom is 0.343 e. The number of carbonyl (C=O) groups excluding carboxylic acids is 1. The van der Waals surface area contributed by atoms with Crippen LogP contribution in [0.1, 0.15) is 66.6 Å². The van der Waals surface area contributed by atoms with E-state index in [1.165, 1.54) is 5.56 Å². The smallest absolute Gasteiger partial charge is 0.343 e. The van der Waals surface area contributed by atoms with Gasteiger partial charge < -0.3 is 9.47 Å². The first kappa shape index (κ1) is 19.4. The van der Waals surface area contributed by atoms with Gasteiger partial charge in [-0.1, -0.05) is 43.7 Å². The summed E-state index contributed by atoms with van der Waals surface area (Å²) >= 11 is 0. The van der Waals surface area contributed by atoms with Crippen LogP contribution >= 0.6 is 0 Å². The highest BCUT2D eigenvalue weighted by Gasteiger charge is 2.25. The monoisotopic (exact) mass is 364 g/mol. The van der Waals surface area contributed by atoms with Gasteiger partial charge in [0.15, 0.2) is 0 Å². The zero-order valence-electron chi connectivity index (χ0n) is 16.0. The molecule has 2 atom stereocenters. The number of benzene rings is 2. The molecule has 0 saturated carbocycles. The Hall–Kier alpha value is -2.39. The molecule has 27 heavy (non-hydrogen) atoms. The van der Waals surface area contributed by atoms with E-state index in [1.807, 2.05) is 54.6 Å². The number of carbonyl (C=O) groups is 1. The summed E-state index contributed by atoms with van der Waals surface area (Å²) < 4.78 is 11.6. The molecular formula is C24H28O3. The van der Waals surface area contributed by atoms with Gasteiger partial charge >= 0.3 is 5.97 Å². The van der Waals surface area contributed by atoms with Crippen molar-refractivity contribution < 1.29 is 14.3 Å². The van der Waals surface area contributed by atoms with Crippen molar-refractivity contribution in [2.75, 3.05) is 0 Å². The highest BCUT2D eigenvalue weighted by Crippen LogP contribution is 2.35. The van der Waals surface area contributed by atoms with Gasteiger partial charge in [0, 0.05) is 0 Å². The van der Waals surface area contributed by atoms with Crippen molar-refractivity contribution in [3.8, 4) is 5.75 Å². The first-order chi connectivity index (χ1) is 13.2. The zero-order chi connectivity index (χ0) is 19.1. The fourth-order valence-corrected chi connectivity index (χ4v) is 3.48. The van der Waals surface area contributed by atoms with Gasteiger partial charge in [0.2, 0.25) is 0 Å². The molecule has 1 fully saturated rings. The molecule has 1 aliphatic heterocycles. The summed E-state index contributed by atoms with van der Waals surface area (Å²) in [5, 5.41) is 0. The molecule has 2 aromatic carbocycles. The molecule has 3 nitrogen and oxygen atoms in total. The van der Waals surface area contributed by atoms with Crippen LogP contribution in [0.2, 0.25) is 0 Å². The average Bonchev–Trinajstić information content (AvgIpc) is 3.16. The minimum absolute atomic E-state index is 0.161. The van der Waals surface area contributed by atoms with Crippen molar-refractivity contribution in [1.29, 1.82) is 0 Å². The molecule has 3 heteroatoms. The second kappa shape index (κ2) is 9.52. The molecular weight excluding hydrogens is 336 g/mol. The van der Waals surface area contributed by atoms with E-state index in [4.69, 9.17) is 9.47 Å². The largest absolute Gasteiger partial charge is 0.423 e. The molecule has 0 bridgehead atoms. The Morgan fingerprint density at radius 1 is 1.15 bits per heavy atom. The predicted molar refractivity (Wildman–Crippen MR) is 108 cm³/mol. The normalized spacial score (nSPS) is 19.0. The number of ether oxygens (including phenoxy) is 2. The maximum absolute atomic E-state index is 12.3. The van der Waals surface area contributed by atoms with Crippen LogP contribution in [0.4, 0.5) is 0 Å². The zero-order valence-corrected chi connectivity index (χ0v) is 16.0. The Morgan fingerprint density at radius 2 is 1.89 bits per heavy atom. The first-order valence-corrected chi connectivity index (χ1v) is 9.87. The molecule has 2 aromatic rings. The summed E-state index contributed by atoms with van der Waals surface area (Å²) in [6.07, 6.45) is 8.76. The lowest BCUT2D eigenvalue weighted by Gasteiger charge is -2.14. The lowest BCUT2D eigenvalue weighted by Crippen LogP contribution is -2.09. The van der Waals surface area contributed by atoms with E-state index >= 15 is 0 Å². The number of esters is 1. The van der Waals surface area contributed by atoms with Crippen molar-refractivity contribution in [1.82, 2.24) is 0 Å². The Labute approximate surface area is 162 Å². The summed E-state index contributed by atoms with van der Waals surface area (Å²) in [7, 11) is 0. The summed E-state index contributed by atoms with van der Waals surface area (Å²) in [4.78, 5) is 12.3. The average molecular weight is 364 g/mol. The van der Waals surface area contributed by atoms with Crippen molar-refractivity contribution in [3.05, 3.63) is 77.9 Å². The fourth-order valence-electron chi connectivity index (χ4n) is 3.48. The molecule has 0 radical (unpaired) electrons. The predicted octanol–water partition coefficient (Wildman–Crippen LogP) is 6.04. The van der Waals surface area contributed by atoms with E-state index in [1.54, 1.807) is 0 Å². The van der Waals surface area contributed by atoms with Gasteiger partial charge in [0.25, 0.3) is 0 Å². The summed E-state index contributed by atoms with van der Waals surface area (Å²) in [5.41, 5.74) is 2.90. The summed E-state index contributed by atoms with van der Waals surface area (Å²) in [6.45, 7) is 5.92. The number of allylic oxidation sites excluding steroid dienone is 1. The standard InChI is InChI=1S/C24H28O3/c1-3-5-7-18-8-10-20(11-9-18)24(25)27-22-14-12-19(13-15-22)23-17-16-21(26-23)6-4-2/h3,8-15,21,23H,1,4-7,16-17H2,2H3. The van der Waals surface area contributed by atoms with Gasteiger partial charge in [-0.15, -0.1) is 6.58 Å². The maximum atomic E-state index is 12.3. The Bertz CT molecular complexity index is 746. The van der Waals surface area contributed by atoms with Gasteiger partial charge in [0.1, 0.15) is 5.75 Å². The van der Waals surface area contributed by atoms with Gasteiger partial charge in [-0.25, -0.2) is 4.79 Å². The Morgan fingerprint density at radius 3 is 2.56 bits per heavy atom. The highest BCUT2D eigenvalue weighted by atomic mass is 16.5. The Kier molecular flexibility index (Phi) is 6.83. The van der Waals surface area contributed by atoms with E-state index in [0.717, 1.165) is 44.1 Å². The summed E-state index contributed by atoms with van der Waals surface area (Å²) in [6, 6.07) is 15.3. The van der Waals surface area contributed by atoms with Gasteiger partial charge in [-0.3, -0.25) is 0 Å². The molecule has 0 aromatic heterocycles. The first-order valence-electron chi connectivity index (χ1n) is 9.87. The molecule has 142 valence electrons. The number of hydrogen-bond acceptors (Lipinski definition) is 3. The van der Waals surface area contributed by atoms with Crippen LogP contribution in [0.25, 0.3) is 0 Å². The lowest BCUT2D eigenvalue weighted by atomic mass is 10.1. The van der Waals surface area contributed by atoms with Crippen molar-refractivity contribution in [2.45, 2.75) is 57.7 Å². The van der Waals surface area contributed by atoms with E-state index in [9.17, 15) is 4.79 Å². The van der Waals surface area contributed by atoms with Gasteiger partial charge in [0.05, 0.1) is 17.8 Å². The van der Waals surface area contributed by atoms with E-state index < -0.39 is 0 Å². The van der Waals surface area contributed by atoms with Crippen LogP contribution in [0, 0.1) is 0 Å². The molecule has 0 aliphatic carbocycles. The fraction of sp³-hybridized carbons (Fsp3) is 0.375. The molecule has 1 saturated heterocycles. The van der Waals surface area contributed by atoms with Crippen molar-refractivity contribution in [2.24, 2.45) is 0 Å².